The Morgan fingerprint density at radius 2 is 2.25 bits per heavy atom. The summed E-state index contributed by atoms with van der Waals surface area (Å²) in [5.41, 5.74) is 7.01. The van der Waals surface area contributed by atoms with E-state index in [1.165, 1.54) is 0 Å². The van der Waals surface area contributed by atoms with Crippen molar-refractivity contribution in [3.8, 4) is 0 Å². The zero-order valence-corrected chi connectivity index (χ0v) is 7.53. The number of rotatable bonds is 2. The van der Waals surface area contributed by atoms with Crippen LogP contribution >= 0.6 is 0 Å². The average Bonchev–Trinajstić information content (AvgIpc) is 2.28. The summed E-state index contributed by atoms with van der Waals surface area (Å²) < 4.78 is 1.64. The largest absolute Gasteiger partial charge is 0.368 e. The molecule has 0 radical (unpaired) electrons. The molecule has 0 unspecified atom stereocenters. The summed E-state index contributed by atoms with van der Waals surface area (Å²) in [7, 11) is 0. The molecule has 0 aromatic carbocycles. The molecule has 1 rings (SSSR count). The molecule has 1 heterocycles. The molecule has 0 aliphatic rings. The van der Waals surface area contributed by atoms with Crippen molar-refractivity contribution in [3.63, 3.8) is 0 Å². The second-order valence-electron chi connectivity index (χ2n) is 2.95. The van der Waals surface area contributed by atoms with Crippen molar-refractivity contribution in [2.75, 3.05) is 0 Å². The Morgan fingerprint density at radius 3 is 2.58 bits per heavy atom. The van der Waals surface area contributed by atoms with Gasteiger partial charge >= 0.3 is 0 Å². The number of amides is 1. The first-order valence-electron chi connectivity index (χ1n) is 3.84. The molecule has 0 fully saturated rings. The molecule has 0 saturated carbocycles. The van der Waals surface area contributed by atoms with Crippen molar-refractivity contribution < 1.29 is 4.79 Å². The molecule has 2 N–H and O–H groups in total. The van der Waals surface area contributed by atoms with Gasteiger partial charge in [-0.3, -0.25) is 9.48 Å². The fraction of sp³-hybridized carbons (Fsp3) is 0.500. The van der Waals surface area contributed by atoms with Gasteiger partial charge in [-0.05, 0) is 26.8 Å². The molecule has 12 heavy (non-hydrogen) atoms. The van der Waals surface area contributed by atoms with Gasteiger partial charge in [0.1, 0.15) is 6.04 Å². The lowest BCUT2D eigenvalue weighted by Crippen LogP contribution is -2.25. The van der Waals surface area contributed by atoms with E-state index in [2.05, 4.69) is 5.10 Å². The highest BCUT2D eigenvalue weighted by atomic mass is 16.1. The molecule has 4 nitrogen and oxygen atoms in total. The van der Waals surface area contributed by atoms with E-state index in [9.17, 15) is 4.79 Å². The molecule has 1 amide bonds. The van der Waals surface area contributed by atoms with E-state index in [0.717, 1.165) is 11.4 Å². The second-order valence-corrected chi connectivity index (χ2v) is 2.95. The Hall–Kier alpha value is -1.32. The van der Waals surface area contributed by atoms with E-state index in [4.69, 9.17) is 5.73 Å². The van der Waals surface area contributed by atoms with E-state index in [1.54, 1.807) is 11.6 Å². The third-order valence-electron chi connectivity index (χ3n) is 1.82. The first kappa shape index (κ1) is 8.77. The molecule has 4 heteroatoms. The summed E-state index contributed by atoms with van der Waals surface area (Å²) in [4.78, 5) is 10.8. The monoisotopic (exact) mass is 167 g/mol. The Labute approximate surface area is 71.4 Å². The summed E-state index contributed by atoms with van der Waals surface area (Å²) >= 11 is 0. The van der Waals surface area contributed by atoms with Crippen LogP contribution in [0.5, 0.6) is 0 Å². The van der Waals surface area contributed by atoms with Crippen LogP contribution in [0, 0.1) is 13.8 Å². The Kier molecular flexibility index (Phi) is 2.17. The Morgan fingerprint density at radius 1 is 1.67 bits per heavy atom. The summed E-state index contributed by atoms with van der Waals surface area (Å²) in [6.07, 6.45) is 0. The van der Waals surface area contributed by atoms with Crippen LogP contribution in [0.15, 0.2) is 6.07 Å². The van der Waals surface area contributed by atoms with Crippen LogP contribution < -0.4 is 5.73 Å². The molecule has 0 bridgehead atoms. The van der Waals surface area contributed by atoms with Crippen molar-refractivity contribution in [1.82, 2.24) is 9.78 Å². The normalized spacial score (nSPS) is 12.9. The highest BCUT2D eigenvalue weighted by Gasteiger charge is 2.13. The molecule has 0 aliphatic carbocycles. The predicted octanol–water partition coefficient (Wildman–Crippen LogP) is 0.546. The average molecular weight is 167 g/mol. The van der Waals surface area contributed by atoms with Crippen LogP contribution in [0.2, 0.25) is 0 Å². The van der Waals surface area contributed by atoms with Gasteiger partial charge in [-0.2, -0.15) is 5.10 Å². The molecule has 66 valence electrons. The maximum Gasteiger partial charge on any atom is 0.242 e. The van der Waals surface area contributed by atoms with Gasteiger partial charge in [-0.25, -0.2) is 0 Å². The van der Waals surface area contributed by atoms with E-state index in [-0.39, 0.29) is 11.9 Å². The minimum Gasteiger partial charge on any atom is -0.368 e. The predicted molar refractivity (Wildman–Crippen MR) is 45.6 cm³/mol. The van der Waals surface area contributed by atoms with E-state index < -0.39 is 0 Å². The number of nitrogens with two attached hydrogens (primary N) is 1. The fourth-order valence-electron chi connectivity index (χ4n) is 1.16. The van der Waals surface area contributed by atoms with Crippen LogP contribution in [0.4, 0.5) is 0 Å². The lowest BCUT2D eigenvalue weighted by Gasteiger charge is -2.09. The van der Waals surface area contributed by atoms with Crippen molar-refractivity contribution >= 4 is 5.91 Å². The van der Waals surface area contributed by atoms with Crippen LogP contribution in [0.1, 0.15) is 24.4 Å². The number of aryl methyl sites for hydroxylation is 2. The zero-order valence-electron chi connectivity index (χ0n) is 7.53. The third-order valence-corrected chi connectivity index (χ3v) is 1.82. The first-order chi connectivity index (χ1) is 5.52. The number of primary amides is 1. The molecule has 1 atom stereocenters. The summed E-state index contributed by atoms with van der Waals surface area (Å²) in [6, 6.07) is 1.55. The highest BCUT2D eigenvalue weighted by molar-refractivity contribution is 5.77. The number of nitrogens with zero attached hydrogens (tertiary/aromatic N) is 2. The standard InChI is InChI=1S/C8H13N3O/c1-5-4-6(2)11(10-5)7(3)8(9)12/h4,7H,1-3H3,(H2,9,12)/t7-/m0/s1. The molecular weight excluding hydrogens is 154 g/mol. The minimum absolute atomic E-state index is 0.360. The van der Waals surface area contributed by atoms with Gasteiger partial charge in [0, 0.05) is 5.69 Å². The molecule has 0 spiro atoms. The first-order valence-corrected chi connectivity index (χ1v) is 3.84. The number of carbonyl (C=O) groups excluding carboxylic acids is 1. The Balaban J connectivity index is 3.02. The zero-order chi connectivity index (χ0) is 9.30. The van der Waals surface area contributed by atoms with Crippen LogP contribution in [-0.2, 0) is 4.79 Å². The van der Waals surface area contributed by atoms with Crippen molar-refractivity contribution in [1.29, 1.82) is 0 Å². The molecule has 1 aromatic rings. The van der Waals surface area contributed by atoms with Gasteiger partial charge in [-0.15, -0.1) is 0 Å². The quantitative estimate of drug-likeness (QED) is 0.699. The van der Waals surface area contributed by atoms with Gasteiger partial charge in [0.15, 0.2) is 0 Å². The van der Waals surface area contributed by atoms with Gasteiger partial charge < -0.3 is 5.73 Å². The molecule has 1 aromatic heterocycles. The van der Waals surface area contributed by atoms with Crippen molar-refractivity contribution in [3.05, 3.63) is 17.5 Å². The van der Waals surface area contributed by atoms with Crippen LogP contribution in [-0.4, -0.2) is 15.7 Å². The highest BCUT2D eigenvalue weighted by Crippen LogP contribution is 2.09. The SMILES string of the molecule is Cc1cc(C)n([C@@H](C)C(N)=O)n1. The summed E-state index contributed by atoms with van der Waals surface area (Å²) in [5, 5.41) is 4.15. The van der Waals surface area contributed by atoms with E-state index in [0.29, 0.717) is 0 Å². The maximum atomic E-state index is 10.8. The molecular formula is C8H13N3O. The van der Waals surface area contributed by atoms with E-state index in [1.807, 2.05) is 19.9 Å². The number of carbonyl (C=O) groups is 1. The number of hydrogen-bond donors (Lipinski definition) is 1. The van der Waals surface area contributed by atoms with Crippen LogP contribution in [0.25, 0.3) is 0 Å². The van der Waals surface area contributed by atoms with Crippen LogP contribution in [0.3, 0.4) is 0 Å². The van der Waals surface area contributed by atoms with Crippen molar-refractivity contribution in [2.24, 2.45) is 5.73 Å². The number of aromatic nitrogens is 2. The van der Waals surface area contributed by atoms with Crippen molar-refractivity contribution in [2.45, 2.75) is 26.8 Å². The lowest BCUT2D eigenvalue weighted by molar-refractivity contribution is -0.121. The smallest absolute Gasteiger partial charge is 0.242 e. The Bertz CT molecular complexity index is 303. The molecule has 0 aliphatic heterocycles. The lowest BCUT2D eigenvalue weighted by atomic mass is 10.3. The second kappa shape index (κ2) is 2.97. The van der Waals surface area contributed by atoms with Gasteiger partial charge in [0.2, 0.25) is 5.91 Å². The maximum absolute atomic E-state index is 10.8. The summed E-state index contributed by atoms with van der Waals surface area (Å²) in [6.45, 7) is 5.53. The minimum atomic E-state index is -0.362. The summed E-state index contributed by atoms with van der Waals surface area (Å²) in [5.74, 6) is -0.360. The van der Waals surface area contributed by atoms with Gasteiger partial charge in [-0.1, -0.05) is 0 Å². The fourth-order valence-corrected chi connectivity index (χ4v) is 1.16. The van der Waals surface area contributed by atoms with E-state index >= 15 is 0 Å². The number of hydrogen-bond acceptors (Lipinski definition) is 2. The molecule has 0 saturated heterocycles. The van der Waals surface area contributed by atoms with Gasteiger partial charge in [0.05, 0.1) is 5.69 Å². The van der Waals surface area contributed by atoms with Gasteiger partial charge in [0.25, 0.3) is 0 Å². The third kappa shape index (κ3) is 1.47. The topological polar surface area (TPSA) is 60.9 Å².